The molecule has 11 heteroatoms. The van der Waals surface area contributed by atoms with Gasteiger partial charge in [0.05, 0.1) is 16.1 Å². The van der Waals surface area contributed by atoms with Crippen molar-refractivity contribution in [2.24, 2.45) is 0 Å². The lowest BCUT2D eigenvalue weighted by Crippen LogP contribution is -2.46. The summed E-state index contributed by atoms with van der Waals surface area (Å²) in [6.45, 7) is 0.0766. The number of sulfonamides is 1. The van der Waals surface area contributed by atoms with Crippen molar-refractivity contribution in [2.75, 3.05) is 10.0 Å². The van der Waals surface area contributed by atoms with Gasteiger partial charge in [0, 0.05) is 36.6 Å². The van der Waals surface area contributed by atoms with Crippen LogP contribution in [0.25, 0.3) is 0 Å². The Bertz CT molecular complexity index is 1580. The number of nitrogens with zero attached hydrogens (tertiary/aromatic N) is 3. The number of pyridine rings is 2. The fourth-order valence-corrected chi connectivity index (χ4v) is 5.36. The van der Waals surface area contributed by atoms with E-state index in [4.69, 9.17) is 11.6 Å². The first kappa shape index (κ1) is 25.4. The second kappa shape index (κ2) is 10.6. The van der Waals surface area contributed by atoms with Crippen LogP contribution in [-0.2, 0) is 27.8 Å². The number of carbonyl (C=O) groups excluding carboxylic acids is 2. The topological polar surface area (TPSA) is 121 Å². The molecule has 0 bridgehead atoms. The average Bonchev–Trinajstić information content (AvgIpc) is 3.00. The molecule has 1 aliphatic rings. The first-order valence-corrected chi connectivity index (χ1v) is 13.5. The fraction of sp³-hybridized carbons (Fsp3) is 0.111. The van der Waals surface area contributed by atoms with Gasteiger partial charge in [0.25, 0.3) is 15.9 Å². The van der Waals surface area contributed by atoms with Crippen molar-refractivity contribution in [1.82, 2.24) is 14.9 Å². The smallest absolute Gasteiger partial charge is 0.263 e. The van der Waals surface area contributed by atoms with E-state index < -0.39 is 16.1 Å². The Morgan fingerprint density at radius 1 is 0.947 bits per heavy atom. The normalized spacial score (nSPS) is 15.4. The molecule has 2 aromatic heterocycles. The van der Waals surface area contributed by atoms with Crippen LogP contribution in [0.3, 0.4) is 0 Å². The lowest BCUT2D eigenvalue weighted by atomic mass is 10.0. The Morgan fingerprint density at radius 2 is 1.76 bits per heavy atom. The van der Waals surface area contributed by atoms with Gasteiger partial charge in [0.2, 0.25) is 5.91 Å². The highest BCUT2D eigenvalue weighted by atomic mass is 35.5. The van der Waals surface area contributed by atoms with E-state index in [1.807, 2.05) is 6.07 Å². The number of hydrogen-bond acceptors (Lipinski definition) is 6. The highest BCUT2D eigenvalue weighted by molar-refractivity contribution is 7.92. The summed E-state index contributed by atoms with van der Waals surface area (Å²) < 4.78 is 28.0. The Morgan fingerprint density at radius 3 is 2.47 bits per heavy atom. The van der Waals surface area contributed by atoms with E-state index in [9.17, 15) is 18.0 Å². The molecule has 9 nitrogen and oxygen atoms in total. The summed E-state index contributed by atoms with van der Waals surface area (Å²) in [7, 11) is -3.86. The summed E-state index contributed by atoms with van der Waals surface area (Å²) in [6.07, 6.45) is 5.02. The van der Waals surface area contributed by atoms with Crippen molar-refractivity contribution in [3.05, 3.63) is 113 Å². The van der Waals surface area contributed by atoms with Crippen molar-refractivity contribution in [1.29, 1.82) is 0 Å². The van der Waals surface area contributed by atoms with Gasteiger partial charge in [-0.15, -0.1) is 0 Å². The van der Waals surface area contributed by atoms with Crippen molar-refractivity contribution in [2.45, 2.75) is 23.9 Å². The quantitative estimate of drug-likeness (QED) is 0.359. The maximum absolute atomic E-state index is 13.7. The summed E-state index contributed by atoms with van der Waals surface area (Å²) in [4.78, 5) is 36.7. The lowest BCUT2D eigenvalue weighted by Gasteiger charge is -2.29. The number of carbonyl (C=O) groups is 2. The van der Waals surface area contributed by atoms with Crippen LogP contribution in [0, 0.1) is 0 Å². The number of aromatic nitrogens is 2. The molecule has 0 spiro atoms. The zero-order valence-corrected chi connectivity index (χ0v) is 21.5. The van der Waals surface area contributed by atoms with Gasteiger partial charge in [-0.1, -0.05) is 35.9 Å². The van der Waals surface area contributed by atoms with Gasteiger partial charge in [-0.3, -0.25) is 19.3 Å². The molecule has 0 fully saturated rings. The number of fused-ring (bicyclic) bond motifs is 1. The van der Waals surface area contributed by atoms with Crippen LogP contribution >= 0.6 is 11.6 Å². The monoisotopic (exact) mass is 547 g/mol. The van der Waals surface area contributed by atoms with Crippen LogP contribution in [-0.4, -0.2) is 41.1 Å². The molecule has 2 amide bonds. The largest absolute Gasteiger partial charge is 0.323 e. The minimum absolute atomic E-state index is 0.0405. The number of halogens is 1. The van der Waals surface area contributed by atoms with E-state index in [1.165, 1.54) is 23.2 Å². The van der Waals surface area contributed by atoms with Crippen molar-refractivity contribution < 1.29 is 18.0 Å². The molecule has 4 aromatic rings. The van der Waals surface area contributed by atoms with Crippen LogP contribution in [0.15, 0.2) is 96.3 Å². The Balaban J connectivity index is 1.44. The van der Waals surface area contributed by atoms with Gasteiger partial charge in [-0.2, -0.15) is 0 Å². The predicted molar refractivity (Wildman–Crippen MR) is 143 cm³/mol. The molecule has 3 heterocycles. The first-order chi connectivity index (χ1) is 18.3. The molecule has 5 rings (SSSR count). The molecule has 192 valence electrons. The molecule has 2 N–H and O–H groups in total. The molecule has 38 heavy (non-hydrogen) atoms. The van der Waals surface area contributed by atoms with Crippen LogP contribution < -0.4 is 10.0 Å². The fourth-order valence-electron chi connectivity index (χ4n) is 4.18. The predicted octanol–water partition coefficient (Wildman–Crippen LogP) is 4.14. The van der Waals surface area contributed by atoms with E-state index >= 15 is 0 Å². The van der Waals surface area contributed by atoms with E-state index in [0.717, 1.165) is 5.56 Å². The number of hydrogen-bond donors (Lipinski definition) is 2. The second-order valence-electron chi connectivity index (χ2n) is 8.66. The van der Waals surface area contributed by atoms with Gasteiger partial charge in [-0.25, -0.2) is 13.4 Å². The van der Waals surface area contributed by atoms with Crippen LogP contribution in [0.5, 0.6) is 0 Å². The van der Waals surface area contributed by atoms with Gasteiger partial charge in [-0.05, 0) is 59.7 Å². The Hall–Kier alpha value is -4.28. The Kier molecular flexibility index (Phi) is 7.08. The molecular weight excluding hydrogens is 526 g/mol. The number of nitrogens with one attached hydrogen (secondary N) is 2. The van der Waals surface area contributed by atoms with Gasteiger partial charge in [0.15, 0.2) is 0 Å². The zero-order chi connectivity index (χ0) is 26.7. The number of anilines is 2. The summed E-state index contributed by atoms with van der Waals surface area (Å²) in [5, 5.41) is 3.23. The van der Waals surface area contributed by atoms with Crippen molar-refractivity contribution >= 4 is 44.9 Å². The average molecular weight is 548 g/mol. The van der Waals surface area contributed by atoms with E-state index in [2.05, 4.69) is 20.0 Å². The maximum Gasteiger partial charge on any atom is 0.263 e. The molecule has 0 saturated heterocycles. The van der Waals surface area contributed by atoms with E-state index in [0.29, 0.717) is 21.8 Å². The van der Waals surface area contributed by atoms with Gasteiger partial charge < -0.3 is 10.2 Å². The van der Waals surface area contributed by atoms with Gasteiger partial charge >= 0.3 is 0 Å². The van der Waals surface area contributed by atoms with Crippen LogP contribution in [0.2, 0.25) is 5.02 Å². The second-order valence-corrected chi connectivity index (χ2v) is 10.8. The number of rotatable bonds is 7. The molecule has 0 aliphatic carbocycles. The summed E-state index contributed by atoms with van der Waals surface area (Å²) >= 11 is 6.12. The molecule has 1 atom stereocenters. The van der Waals surface area contributed by atoms with Crippen LogP contribution in [0.1, 0.15) is 21.5 Å². The maximum atomic E-state index is 13.7. The SMILES string of the molecule is O=C1Nc2cc(Cl)ccc2C(=O)N(Cc2ccc(S(=O)(=O)Nc3ccccn3)cc2)[C@@H]1Cc1cccnc1. The molecule has 0 unspecified atom stereocenters. The van der Waals surface area contributed by atoms with Crippen molar-refractivity contribution in [3.8, 4) is 0 Å². The molecule has 2 aromatic carbocycles. The summed E-state index contributed by atoms with van der Waals surface area (Å²) in [5.74, 6) is -0.505. The molecule has 1 aliphatic heterocycles. The lowest BCUT2D eigenvalue weighted by molar-refractivity contribution is -0.120. The molecular formula is C27H22ClN5O4S. The Labute approximate surface area is 224 Å². The highest BCUT2D eigenvalue weighted by Crippen LogP contribution is 2.29. The highest BCUT2D eigenvalue weighted by Gasteiger charge is 2.35. The summed E-state index contributed by atoms with van der Waals surface area (Å²) in [6, 6.07) is 18.5. The third-order valence-electron chi connectivity index (χ3n) is 6.05. The number of amides is 2. The molecule has 0 radical (unpaired) electrons. The van der Waals surface area contributed by atoms with Gasteiger partial charge in [0.1, 0.15) is 11.9 Å². The minimum Gasteiger partial charge on any atom is -0.323 e. The van der Waals surface area contributed by atoms with E-state index in [-0.39, 0.29) is 35.5 Å². The third-order valence-corrected chi connectivity index (χ3v) is 7.66. The van der Waals surface area contributed by atoms with Crippen molar-refractivity contribution in [3.63, 3.8) is 0 Å². The number of benzene rings is 2. The minimum atomic E-state index is -3.86. The third kappa shape index (κ3) is 5.51. The molecule has 0 saturated carbocycles. The van der Waals surface area contributed by atoms with E-state index in [1.54, 1.807) is 67.0 Å². The zero-order valence-electron chi connectivity index (χ0n) is 19.9. The standard InChI is InChI=1S/C27H22ClN5O4S/c28-20-8-11-22-23(15-20)31-26(34)24(14-19-4-3-12-29-16-19)33(27(22)35)17-18-6-9-21(10-7-18)38(36,37)32-25-5-1-2-13-30-25/h1-13,15-16,24H,14,17H2,(H,30,32)(H,31,34)/t24-/m1/s1. The first-order valence-electron chi connectivity index (χ1n) is 11.6. The van der Waals surface area contributed by atoms with Crippen LogP contribution in [0.4, 0.5) is 11.5 Å². The summed E-state index contributed by atoms with van der Waals surface area (Å²) in [5.41, 5.74) is 2.09.